The minimum atomic E-state index is -0.732. The van der Waals surface area contributed by atoms with E-state index >= 15 is 0 Å². The number of carboxylic acid groups (broad SMARTS) is 1. The van der Waals surface area contributed by atoms with Gasteiger partial charge >= 0.3 is 5.97 Å². The second-order valence-corrected chi connectivity index (χ2v) is 4.31. The predicted molar refractivity (Wildman–Crippen MR) is 67.5 cm³/mol. The number of carbonyl (C=O) groups is 1. The number of methoxy groups -OCH3 is 2. The van der Waals surface area contributed by atoms with Crippen molar-refractivity contribution in [2.75, 3.05) is 32.2 Å². The van der Waals surface area contributed by atoms with Crippen LogP contribution in [0.5, 0.6) is 11.5 Å². The van der Waals surface area contributed by atoms with E-state index in [0.29, 0.717) is 18.7 Å². The molecule has 1 aromatic rings. The molecular weight excluding hydrogens is 234 g/mol. The summed E-state index contributed by atoms with van der Waals surface area (Å²) in [5.74, 6) is 0.409. The van der Waals surface area contributed by atoms with Gasteiger partial charge in [-0.25, -0.2) is 0 Å². The third-order valence-corrected chi connectivity index (χ3v) is 3.27. The largest absolute Gasteiger partial charge is 0.497 e. The van der Waals surface area contributed by atoms with Gasteiger partial charge in [0, 0.05) is 19.2 Å². The summed E-state index contributed by atoms with van der Waals surface area (Å²) in [6.07, 6.45) is 0.671. The van der Waals surface area contributed by atoms with Crippen LogP contribution in [-0.2, 0) is 4.79 Å². The molecule has 1 unspecified atom stereocenters. The quantitative estimate of drug-likeness (QED) is 0.881. The third-order valence-electron chi connectivity index (χ3n) is 3.27. The first kappa shape index (κ1) is 12.5. The summed E-state index contributed by atoms with van der Waals surface area (Å²) in [6, 6.07) is 5.57. The highest BCUT2D eigenvalue weighted by Gasteiger charge is 2.29. The fourth-order valence-electron chi connectivity index (χ4n) is 2.23. The molecule has 1 aromatic carbocycles. The summed E-state index contributed by atoms with van der Waals surface area (Å²) < 4.78 is 10.5. The maximum Gasteiger partial charge on any atom is 0.308 e. The molecule has 0 amide bonds. The Morgan fingerprint density at radius 3 is 2.72 bits per heavy atom. The number of hydrogen-bond acceptors (Lipinski definition) is 4. The van der Waals surface area contributed by atoms with Crippen LogP contribution in [-0.4, -0.2) is 38.4 Å². The zero-order chi connectivity index (χ0) is 13.1. The van der Waals surface area contributed by atoms with Crippen molar-refractivity contribution >= 4 is 11.7 Å². The Balaban J connectivity index is 2.21. The van der Waals surface area contributed by atoms with Gasteiger partial charge in [0.25, 0.3) is 0 Å². The first-order valence-corrected chi connectivity index (χ1v) is 5.85. The lowest BCUT2D eigenvalue weighted by atomic mass is 10.1. The molecule has 1 fully saturated rings. The molecule has 0 bridgehead atoms. The van der Waals surface area contributed by atoms with Crippen molar-refractivity contribution in [1.82, 2.24) is 0 Å². The lowest BCUT2D eigenvalue weighted by Gasteiger charge is -2.21. The predicted octanol–water partition coefficient (Wildman–Crippen LogP) is 1.61. The molecule has 5 heteroatoms. The summed E-state index contributed by atoms with van der Waals surface area (Å²) in [4.78, 5) is 13.0. The Labute approximate surface area is 106 Å². The molecule has 1 heterocycles. The highest BCUT2D eigenvalue weighted by Crippen LogP contribution is 2.35. The van der Waals surface area contributed by atoms with Crippen LogP contribution in [0.4, 0.5) is 5.69 Å². The molecular formula is C13H17NO4. The van der Waals surface area contributed by atoms with Gasteiger partial charge in [0.2, 0.25) is 0 Å². The van der Waals surface area contributed by atoms with Crippen molar-refractivity contribution in [3.8, 4) is 11.5 Å². The van der Waals surface area contributed by atoms with E-state index in [4.69, 9.17) is 14.6 Å². The molecule has 0 saturated carbocycles. The number of aliphatic carboxylic acids is 1. The second-order valence-electron chi connectivity index (χ2n) is 4.31. The number of hydrogen-bond donors (Lipinski definition) is 1. The van der Waals surface area contributed by atoms with Gasteiger partial charge in [-0.3, -0.25) is 4.79 Å². The maximum atomic E-state index is 11.0. The van der Waals surface area contributed by atoms with Crippen LogP contribution in [0.3, 0.4) is 0 Å². The van der Waals surface area contributed by atoms with Gasteiger partial charge in [-0.05, 0) is 18.6 Å². The van der Waals surface area contributed by atoms with Crippen molar-refractivity contribution < 1.29 is 19.4 Å². The van der Waals surface area contributed by atoms with E-state index in [1.54, 1.807) is 14.2 Å². The Kier molecular flexibility index (Phi) is 3.60. The lowest BCUT2D eigenvalue weighted by Crippen LogP contribution is -2.23. The van der Waals surface area contributed by atoms with Crippen LogP contribution in [0.15, 0.2) is 18.2 Å². The molecule has 1 aliphatic heterocycles. The van der Waals surface area contributed by atoms with E-state index in [9.17, 15) is 4.79 Å². The number of nitrogens with zero attached hydrogens (tertiary/aromatic N) is 1. The molecule has 0 aromatic heterocycles. The molecule has 0 radical (unpaired) electrons. The van der Waals surface area contributed by atoms with Crippen LogP contribution in [0.2, 0.25) is 0 Å². The van der Waals surface area contributed by atoms with Crippen LogP contribution in [0.25, 0.3) is 0 Å². The first-order chi connectivity index (χ1) is 8.65. The summed E-state index contributed by atoms with van der Waals surface area (Å²) in [5.41, 5.74) is 0.919. The topological polar surface area (TPSA) is 59.0 Å². The van der Waals surface area contributed by atoms with Crippen LogP contribution in [0, 0.1) is 5.92 Å². The fraction of sp³-hybridized carbons (Fsp3) is 0.462. The summed E-state index contributed by atoms with van der Waals surface area (Å²) >= 11 is 0. The molecule has 1 saturated heterocycles. The lowest BCUT2D eigenvalue weighted by molar-refractivity contribution is -0.140. The van der Waals surface area contributed by atoms with Gasteiger partial charge in [0.1, 0.15) is 11.5 Å². The van der Waals surface area contributed by atoms with Gasteiger partial charge < -0.3 is 19.5 Å². The van der Waals surface area contributed by atoms with E-state index in [-0.39, 0.29) is 5.92 Å². The SMILES string of the molecule is COc1ccc(N2CCC(C(=O)O)C2)c(OC)c1. The number of carboxylic acids is 1. The molecule has 1 N–H and O–H groups in total. The molecule has 0 spiro atoms. The zero-order valence-corrected chi connectivity index (χ0v) is 10.5. The number of benzene rings is 1. The molecule has 98 valence electrons. The van der Waals surface area contributed by atoms with Crippen molar-refractivity contribution in [3.05, 3.63) is 18.2 Å². The monoisotopic (exact) mass is 251 g/mol. The molecule has 18 heavy (non-hydrogen) atoms. The molecule has 0 aliphatic carbocycles. The molecule has 1 atom stereocenters. The van der Waals surface area contributed by atoms with Crippen molar-refractivity contribution in [2.45, 2.75) is 6.42 Å². The van der Waals surface area contributed by atoms with Crippen molar-refractivity contribution in [3.63, 3.8) is 0 Å². The van der Waals surface area contributed by atoms with E-state index in [1.807, 2.05) is 23.1 Å². The number of anilines is 1. The Bertz CT molecular complexity index is 447. The highest BCUT2D eigenvalue weighted by molar-refractivity contribution is 5.73. The van der Waals surface area contributed by atoms with Gasteiger partial charge in [-0.1, -0.05) is 0 Å². The first-order valence-electron chi connectivity index (χ1n) is 5.85. The standard InChI is InChI=1S/C13H17NO4/c1-17-10-3-4-11(12(7-10)18-2)14-6-5-9(8-14)13(15)16/h3-4,7,9H,5-6,8H2,1-2H3,(H,15,16). The Hall–Kier alpha value is -1.91. The summed E-state index contributed by atoms with van der Waals surface area (Å²) in [5, 5.41) is 9.01. The molecule has 2 rings (SSSR count). The normalized spacial score (nSPS) is 18.8. The van der Waals surface area contributed by atoms with Crippen molar-refractivity contribution in [2.24, 2.45) is 5.92 Å². The Morgan fingerprint density at radius 2 is 2.17 bits per heavy atom. The van der Waals surface area contributed by atoms with Crippen LogP contribution < -0.4 is 14.4 Å². The van der Waals surface area contributed by atoms with E-state index in [0.717, 1.165) is 18.0 Å². The smallest absolute Gasteiger partial charge is 0.308 e. The average Bonchev–Trinajstić information content (AvgIpc) is 2.87. The van der Waals surface area contributed by atoms with Crippen molar-refractivity contribution in [1.29, 1.82) is 0 Å². The average molecular weight is 251 g/mol. The van der Waals surface area contributed by atoms with Crippen LogP contribution >= 0.6 is 0 Å². The van der Waals surface area contributed by atoms with Gasteiger partial charge in [0.15, 0.2) is 0 Å². The van der Waals surface area contributed by atoms with Crippen LogP contribution in [0.1, 0.15) is 6.42 Å². The minimum absolute atomic E-state index is 0.295. The van der Waals surface area contributed by atoms with E-state index in [2.05, 4.69) is 0 Å². The van der Waals surface area contributed by atoms with Gasteiger partial charge in [0.05, 0.1) is 25.8 Å². The molecule has 1 aliphatic rings. The fourth-order valence-corrected chi connectivity index (χ4v) is 2.23. The summed E-state index contributed by atoms with van der Waals surface area (Å²) in [6.45, 7) is 1.26. The molecule has 5 nitrogen and oxygen atoms in total. The van der Waals surface area contributed by atoms with Gasteiger partial charge in [-0.2, -0.15) is 0 Å². The van der Waals surface area contributed by atoms with E-state index < -0.39 is 5.97 Å². The maximum absolute atomic E-state index is 11.0. The number of rotatable bonds is 4. The highest BCUT2D eigenvalue weighted by atomic mass is 16.5. The van der Waals surface area contributed by atoms with E-state index in [1.165, 1.54) is 0 Å². The zero-order valence-electron chi connectivity index (χ0n) is 10.5. The second kappa shape index (κ2) is 5.16. The third kappa shape index (κ3) is 2.34. The summed E-state index contributed by atoms with van der Waals surface area (Å²) in [7, 11) is 3.20. The van der Waals surface area contributed by atoms with Gasteiger partial charge in [-0.15, -0.1) is 0 Å². The Morgan fingerprint density at radius 1 is 1.39 bits per heavy atom. The number of ether oxygens (including phenoxy) is 2. The minimum Gasteiger partial charge on any atom is -0.497 e.